The highest BCUT2D eigenvalue weighted by atomic mass is 32.1. The van der Waals surface area contributed by atoms with Crippen molar-refractivity contribution in [2.24, 2.45) is 0 Å². The molecular weight excluding hydrogens is 350 g/mol. The number of anilines is 1. The fourth-order valence-electron chi connectivity index (χ4n) is 2.28. The van der Waals surface area contributed by atoms with E-state index in [0.717, 1.165) is 0 Å². The second kappa shape index (κ2) is 9.29. The van der Waals surface area contributed by atoms with Gasteiger partial charge in [-0.1, -0.05) is 32.0 Å². The molecule has 0 radical (unpaired) electrons. The molecule has 1 heterocycles. The van der Waals surface area contributed by atoms with Crippen LogP contribution >= 0.6 is 11.3 Å². The van der Waals surface area contributed by atoms with Gasteiger partial charge in [-0.25, -0.2) is 0 Å². The van der Waals surface area contributed by atoms with Crippen molar-refractivity contribution in [1.29, 1.82) is 0 Å². The molecule has 26 heavy (non-hydrogen) atoms. The van der Waals surface area contributed by atoms with E-state index in [0.29, 0.717) is 16.5 Å². The molecule has 1 aromatic carbocycles. The zero-order chi connectivity index (χ0) is 19.1. The maximum absolute atomic E-state index is 12.1. The molecule has 1 N–H and O–H groups in total. The van der Waals surface area contributed by atoms with E-state index >= 15 is 0 Å². The van der Waals surface area contributed by atoms with Crippen molar-refractivity contribution < 1.29 is 19.1 Å². The number of carbonyl (C=O) groups is 3. The summed E-state index contributed by atoms with van der Waals surface area (Å²) < 4.78 is 5.11. The second-order valence-corrected chi connectivity index (χ2v) is 7.25. The normalized spacial score (nSPS) is 11.8. The number of hydrogen-bond acceptors (Lipinski definition) is 5. The van der Waals surface area contributed by atoms with Crippen LogP contribution in [0.1, 0.15) is 54.8 Å². The fraction of sp³-hybridized carbons (Fsp3) is 0.350. The standard InChI is InChI=1S/C20H23NO4S/c1-13(2)15-6-8-16(9-7-15)21-20(24)14(3)25-19(23)11-10-17(22)18-5-4-12-26-18/h4-9,12-14H,10-11H2,1-3H3,(H,21,24)/t14-/m0/s1. The molecule has 0 aliphatic heterocycles. The predicted molar refractivity (Wildman–Crippen MR) is 103 cm³/mol. The largest absolute Gasteiger partial charge is 0.453 e. The third-order valence-corrected chi connectivity index (χ3v) is 4.79. The third kappa shape index (κ3) is 5.81. The molecule has 0 fully saturated rings. The molecular formula is C20H23NO4S. The lowest BCUT2D eigenvalue weighted by Crippen LogP contribution is -2.30. The number of carbonyl (C=O) groups excluding carboxylic acids is 3. The topological polar surface area (TPSA) is 72.5 Å². The summed E-state index contributed by atoms with van der Waals surface area (Å²) in [6.07, 6.45) is -0.897. The van der Waals surface area contributed by atoms with Gasteiger partial charge in [-0.15, -0.1) is 11.3 Å². The summed E-state index contributed by atoms with van der Waals surface area (Å²) in [6, 6.07) is 11.1. The maximum Gasteiger partial charge on any atom is 0.307 e. The predicted octanol–water partition coefficient (Wildman–Crippen LogP) is 4.40. The molecule has 0 spiro atoms. The second-order valence-electron chi connectivity index (χ2n) is 6.30. The molecule has 2 aromatic rings. The number of benzene rings is 1. The van der Waals surface area contributed by atoms with Crippen molar-refractivity contribution in [1.82, 2.24) is 0 Å². The number of nitrogens with one attached hydrogen (secondary N) is 1. The Morgan fingerprint density at radius 3 is 2.31 bits per heavy atom. The van der Waals surface area contributed by atoms with Gasteiger partial charge in [0.15, 0.2) is 11.9 Å². The molecule has 5 nitrogen and oxygen atoms in total. The van der Waals surface area contributed by atoms with Gasteiger partial charge in [-0.05, 0) is 42.0 Å². The van der Waals surface area contributed by atoms with Gasteiger partial charge in [-0.3, -0.25) is 14.4 Å². The molecule has 138 valence electrons. The molecule has 0 aliphatic carbocycles. The van der Waals surface area contributed by atoms with Crippen molar-refractivity contribution >= 4 is 34.7 Å². The lowest BCUT2D eigenvalue weighted by molar-refractivity contribution is -0.153. The minimum atomic E-state index is -0.927. The van der Waals surface area contributed by atoms with E-state index in [4.69, 9.17) is 4.74 Å². The highest BCUT2D eigenvalue weighted by molar-refractivity contribution is 7.12. The minimum Gasteiger partial charge on any atom is -0.453 e. The Bertz CT molecular complexity index is 751. The Kier molecular flexibility index (Phi) is 7.09. The third-order valence-electron chi connectivity index (χ3n) is 3.87. The van der Waals surface area contributed by atoms with Crippen LogP contribution in [0, 0.1) is 0 Å². The first kappa shape index (κ1) is 19.8. The van der Waals surface area contributed by atoms with E-state index in [1.54, 1.807) is 12.1 Å². The molecule has 0 saturated carbocycles. The summed E-state index contributed by atoms with van der Waals surface area (Å²) in [5.41, 5.74) is 1.83. The molecule has 1 aromatic heterocycles. The van der Waals surface area contributed by atoms with Crippen LogP contribution in [0.5, 0.6) is 0 Å². The lowest BCUT2D eigenvalue weighted by atomic mass is 10.0. The Morgan fingerprint density at radius 1 is 1.04 bits per heavy atom. The van der Waals surface area contributed by atoms with Crippen molar-refractivity contribution in [3.8, 4) is 0 Å². The summed E-state index contributed by atoms with van der Waals surface area (Å²) in [5, 5.41) is 4.53. The van der Waals surface area contributed by atoms with Crippen molar-refractivity contribution in [3.63, 3.8) is 0 Å². The summed E-state index contributed by atoms with van der Waals surface area (Å²) >= 11 is 1.34. The van der Waals surface area contributed by atoms with Crippen molar-refractivity contribution in [2.75, 3.05) is 5.32 Å². The smallest absolute Gasteiger partial charge is 0.307 e. The van der Waals surface area contributed by atoms with E-state index in [1.807, 2.05) is 29.6 Å². The van der Waals surface area contributed by atoms with Crippen molar-refractivity contribution in [2.45, 2.75) is 45.6 Å². The van der Waals surface area contributed by atoms with Gasteiger partial charge in [-0.2, -0.15) is 0 Å². The van der Waals surface area contributed by atoms with Crippen LogP contribution in [0.2, 0.25) is 0 Å². The Balaban J connectivity index is 1.78. The Labute approximate surface area is 157 Å². The molecule has 6 heteroatoms. The lowest BCUT2D eigenvalue weighted by Gasteiger charge is -2.14. The molecule has 1 atom stereocenters. The van der Waals surface area contributed by atoms with Gasteiger partial charge in [0.1, 0.15) is 0 Å². The average Bonchev–Trinajstić information content (AvgIpc) is 3.14. The first-order valence-electron chi connectivity index (χ1n) is 8.54. The van der Waals surface area contributed by atoms with Gasteiger partial charge in [0.2, 0.25) is 0 Å². The molecule has 0 bridgehead atoms. The van der Waals surface area contributed by atoms with Gasteiger partial charge in [0, 0.05) is 12.1 Å². The summed E-state index contributed by atoms with van der Waals surface area (Å²) in [4.78, 5) is 36.5. The summed E-state index contributed by atoms with van der Waals surface area (Å²) in [6.45, 7) is 5.70. The molecule has 1 amide bonds. The number of thiophene rings is 1. The SMILES string of the molecule is CC(C)c1ccc(NC(=O)[C@H](C)OC(=O)CCC(=O)c2cccs2)cc1. The van der Waals surface area contributed by atoms with Gasteiger partial charge >= 0.3 is 5.97 Å². The van der Waals surface area contributed by atoms with Crippen LogP contribution in [-0.2, 0) is 14.3 Å². The number of Topliss-reactive ketones (excluding diaryl/α,β-unsaturated/α-hetero) is 1. The number of ketones is 1. The zero-order valence-corrected chi connectivity index (χ0v) is 16.0. The highest BCUT2D eigenvalue weighted by Gasteiger charge is 2.19. The van der Waals surface area contributed by atoms with Crippen LogP contribution in [0.25, 0.3) is 0 Å². The van der Waals surface area contributed by atoms with Crippen LogP contribution < -0.4 is 5.32 Å². The molecule has 2 rings (SSSR count). The zero-order valence-electron chi connectivity index (χ0n) is 15.2. The van der Waals surface area contributed by atoms with E-state index in [-0.39, 0.29) is 18.6 Å². The number of esters is 1. The Hall–Kier alpha value is -2.47. The number of ether oxygens (including phenoxy) is 1. The van der Waals surface area contributed by atoms with E-state index in [1.165, 1.54) is 23.8 Å². The van der Waals surface area contributed by atoms with Crippen LogP contribution in [-0.4, -0.2) is 23.8 Å². The number of hydrogen-bond donors (Lipinski definition) is 1. The first-order chi connectivity index (χ1) is 12.4. The van der Waals surface area contributed by atoms with Crippen LogP contribution in [0.4, 0.5) is 5.69 Å². The minimum absolute atomic E-state index is 0.0442. The highest BCUT2D eigenvalue weighted by Crippen LogP contribution is 2.17. The monoisotopic (exact) mass is 373 g/mol. The van der Waals surface area contributed by atoms with E-state index in [9.17, 15) is 14.4 Å². The summed E-state index contributed by atoms with van der Waals surface area (Å²) in [5.74, 6) is -0.649. The number of amides is 1. The van der Waals surface area contributed by atoms with E-state index < -0.39 is 18.0 Å². The molecule has 0 aliphatic rings. The van der Waals surface area contributed by atoms with Crippen LogP contribution in [0.3, 0.4) is 0 Å². The fourth-order valence-corrected chi connectivity index (χ4v) is 2.98. The quantitative estimate of drug-likeness (QED) is 0.550. The van der Waals surface area contributed by atoms with Crippen LogP contribution in [0.15, 0.2) is 41.8 Å². The first-order valence-corrected chi connectivity index (χ1v) is 9.41. The molecule has 0 unspecified atom stereocenters. The molecule has 0 saturated heterocycles. The Morgan fingerprint density at radius 2 is 1.73 bits per heavy atom. The van der Waals surface area contributed by atoms with Gasteiger partial charge in [0.05, 0.1) is 11.3 Å². The number of rotatable bonds is 8. The average molecular weight is 373 g/mol. The van der Waals surface area contributed by atoms with E-state index in [2.05, 4.69) is 19.2 Å². The van der Waals surface area contributed by atoms with Gasteiger partial charge < -0.3 is 10.1 Å². The summed E-state index contributed by atoms with van der Waals surface area (Å²) in [7, 11) is 0. The van der Waals surface area contributed by atoms with Crippen molar-refractivity contribution in [3.05, 3.63) is 52.2 Å². The van der Waals surface area contributed by atoms with Gasteiger partial charge in [0.25, 0.3) is 5.91 Å². The maximum atomic E-state index is 12.1.